The number of imidazole rings is 1. The van der Waals surface area contributed by atoms with Gasteiger partial charge >= 0.3 is 0 Å². The summed E-state index contributed by atoms with van der Waals surface area (Å²) in [5.41, 5.74) is 1.55. The van der Waals surface area contributed by atoms with Gasteiger partial charge in [0, 0.05) is 7.05 Å². The fourth-order valence-electron chi connectivity index (χ4n) is 1.56. The second kappa shape index (κ2) is 3.57. The fourth-order valence-corrected chi connectivity index (χ4v) is 2.26. The van der Waals surface area contributed by atoms with E-state index in [4.69, 9.17) is 0 Å². The SMILES string of the molecule is CN(c1cccs1)c1ncnc2[nH]cnc12. The lowest BCUT2D eigenvalue weighted by molar-refractivity contribution is 1.11. The lowest BCUT2D eigenvalue weighted by Gasteiger charge is -2.15. The highest BCUT2D eigenvalue weighted by Crippen LogP contribution is 2.29. The monoisotopic (exact) mass is 231 g/mol. The molecule has 0 radical (unpaired) electrons. The minimum atomic E-state index is 0.758. The molecule has 3 aromatic rings. The number of nitrogens with one attached hydrogen (secondary N) is 1. The zero-order valence-electron chi connectivity index (χ0n) is 8.58. The molecule has 5 nitrogen and oxygen atoms in total. The molecular formula is C10H9N5S. The van der Waals surface area contributed by atoms with Crippen LogP contribution in [-0.2, 0) is 0 Å². The van der Waals surface area contributed by atoms with Gasteiger partial charge in [-0.05, 0) is 17.5 Å². The van der Waals surface area contributed by atoms with Gasteiger partial charge in [-0.25, -0.2) is 15.0 Å². The van der Waals surface area contributed by atoms with Crippen LogP contribution in [0.1, 0.15) is 0 Å². The molecule has 3 heterocycles. The zero-order chi connectivity index (χ0) is 11.0. The minimum Gasteiger partial charge on any atom is -0.329 e. The highest BCUT2D eigenvalue weighted by molar-refractivity contribution is 7.14. The topological polar surface area (TPSA) is 57.7 Å². The van der Waals surface area contributed by atoms with Gasteiger partial charge in [0.25, 0.3) is 0 Å². The number of anilines is 2. The second-order valence-corrected chi connectivity index (χ2v) is 4.23. The third-order valence-corrected chi connectivity index (χ3v) is 3.30. The summed E-state index contributed by atoms with van der Waals surface area (Å²) < 4.78 is 0. The molecule has 0 saturated carbocycles. The number of hydrogen-bond acceptors (Lipinski definition) is 5. The average Bonchev–Trinajstić information content (AvgIpc) is 2.98. The number of nitrogens with zero attached hydrogens (tertiary/aromatic N) is 4. The molecule has 0 atom stereocenters. The van der Waals surface area contributed by atoms with Crippen LogP contribution in [0.4, 0.5) is 10.8 Å². The Morgan fingerprint density at radius 1 is 1.31 bits per heavy atom. The van der Waals surface area contributed by atoms with E-state index in [-0.39, 0.29) is 0 Å². The lowest BCUT2D eigenvalue weighted by Crippen LogP contribution is -2.10. The van der Waals surface area contributed by atoms with Crippen molar-refractivity contribution in [3.63, 3.8) is 0 Å². The molecule has 0 spiro atoms. The number of aromatic nitrogens is 4. The maximum atomic E-state index is 4.27. The van der Waals surface area contributed by atoms with Crippen molar-refractivity contribution in [1.82, 2.24) is 19.9 Å². The van der Waals surface area contributed by atoms with Gasteiger partial charge in [0.15, 0.2) is 17.0 Å². The van der Waals surface area contributed by atoms with E-state index in [9.17, 15) is 0 Å². The van der Waals surface area contributed by atoms with Crippen molar-refractivity contribution < 1.29 is 0 Å². The van der Waals surface area contributed by atoms with Gasteiger partial charge in [0.1, 0.15) is 6.33 Å². The summed E-state index contributed by atoms with van der Waals surface area (Å²) in [6.45, 7) is 0. The van der Waals surface area contributed by atoms with Gasteiger partial charge in [-0.2, -0.15) is 0 Å². The summed E-state index contributed by atoms with van der Waals surface area (Å²) >= 11 is 1.66. The first-order valence-electron chi connectivity index (χ1n) is 4.77. The maximum absolute atomic E-state index is 4.27. The van der Waals surface area contributed by atoms with E-state index in [1.165, 1.54) is 0 Å². The Kier molecular flexibility index (Phi) is 2.07. The number of aromatic amines is 1. The molecule has 80 valence electrons. The van der Waals surface area contributed by atoms with Crippen LogP contribution in [0.15, 0.2) is 30.2 Å². The number of thiophene rings is 1. The largest absolute Gasteiger partial charge is 0.329 e. The van der Waals surface area contributed by atoms with E-state index in [0.717, 1.165) is 22.0 Å². The Morgan fingerprint density at radius 3 is 3.06 bits per heavy atom. The highest BCUT2D eigenvalue weighted by atomic mass is 32.1. The predicted molar refractivity (Wildman–Crippen MR) is 64.1 cm³/mol. The summed E-state index contributed by atoms with van der Waals surface area (Å²) in [7, 11) is 1.97. The Bertz CT molecular complexity index is 600. The summed E-state index contributed by atoms with van der Waals surface area (Å²) in [5.74, 6) is 0.814. The van der Waals surface area contributed by atoms with E-state index >= 15 is 0 Å². The molecule has 0 aliphatic heterocycles. The van der Waals surface area contributed by atoms with Crippen LogP contribution in [0.5, 0.6) is 0 Å². The van der Waals surface area contributed by atoms with Gasteiger partial charge in [0.2, 0.25) is 0 Å². The zero-order valence-corrected chi connectivity index (χ0v) is 9.40. The highest BCUT2D eigenvalue weighted by Gasteiger charge is 2.12. The number of hydrogen-bond donors (Lipinski definition) is 1. The predicted octanol–water partition coefficient (Wildman–Crippen LogP) is 2.18. The quantitative estimate of drug-likeness (QED) is 0.734. The van der Waals surface area contributed by atoms with Gasteiger partial charge in [-0.15, -0.1) is 11.3 Å². The molecule has 0 aliphatic rings. The van der Waals surface area contributed by atoms with E-state index in [2.05, 4.69) is 19.9 Å². The molecule has 0 bridgehead atoms. The standard InChI is InChI=1S/C10H9N5S/c1-15(7-3-2-4-16-7)10-8-9(12-5-11-8)13-6-14-10/h2-6H,1H3,(H,11,12,13,14). The third kappa shape index (κ3) is 1.35. The first-order chi connectivity index (χ1) is 7.86. The van der Waals surface area contributed by atoms with Crippen molar-refractivity contribution in [2.75, 3.05) is 11.9 Å². The molecule has 1 N–H and O–H groups in total. The molecule has 3 aromatic heterocycles. The summed E-state index contributed by atoms with van der Waals surface area (Å²) in [4.78, 5) is 17.6. The van der Waals surface area contributed by atoms with Crippen molar-refractivity contribution in [3.05, 3.63) is 30.2 Å². The van der Waals surface area contributed by atoms with Gasteiger partial charge < -0.3 is 9.88 Å². The fraction of sp³-hybridized carbons (Fsp3) is 0.100. The molecule has 6 heteroatoms. The van der Waals surface area contributed by atoms with E-state index in [1.54, 1.807) is 24.0 Å². The van der Waals surface area contributed by atoms with Crippen molar-refractivity contribution in [3.8, 4) is 0 Å². The molecule has 0 fully saturated rings. The Morgan fingerprint density at radius 2 is 2.25 bits per heavy atom. The third-order valence-electron chi connectivity index (χ3n) is 2.35. The van der Waals surface area contributed by atoms with Crippen molar-refractivity contribution in [2.45, 2.75) is 0 Å². The van der Waals surface area contributed by atoms with Crippen molar-refractivity contribution in [1.29, 1.82) is 0 Å². The summed E-state index contributed by atoms with van der Waals surface area (Å²) in [6, 6.07) is 4.06. The first kappa shape index (κ1) is 9.29. The van der Waals surface area contributed by atoms with Crippen LogP contribution in [0.2, 0.25) is 0 Å². The molecule has 0 unspecified atom stereocenters. The van der Waals surface area contributed by atoms with Crippen LogP contribution in [0.25, 0.3) is 11.2 Å². The van der Waals surface area contributed by atoms with Gasteiger partial charge in [-0.1, -0.05) is 0 Å². The van der Waals surface area contributed by atoms with Gasteiger partial charge in [0.05, 0.1) is 11.3 Å². The van der Waals surface area contributed by atoms with E-state index in [1.807, 2.05) is 29.5 Å². The number of fused-ring (bicyclic) bond motifs is 1. The lowest BCUT2D eigenvalue weighted by atomic mass is 10.4. The molecular weight excluding hydrogens is 222 g/mol. The molecule has 0 saturated heterocycles. The minimum absolute atomic E-state index is 0.758. The maximum Gasteiger partial charge on any atom is 0.165 e. The van der Waals surface area contributed by atoms with Crippen LogP contribution in [0, 0.1) is 0 Å². The first-order valence-corrected chi connectivity index (χ1v) is 5.65. The Hall–Kier alpha value is -1.95. The molecule has 0 aliphatic carbocycles. The van der Waals surface area contributed by atoms with Crippen LogP contribution >= 0.6 is 11.3 Å². The molecule has 0 amide bonds. The number of rotatable bonds is 2. The number of H-pyrrole nitrogens is 1. The molecule has 16 heavy (non-hydrogen) atoms. The summed E-state index contributed by atoms with van der Waals surface area (Å²) in [6.07, 6.45) is 3.17. The molecule has 0 aromatic carbocycles. The normalized spacial score (nSPS) is 10.8. The van der Waals surface area contributed by atoms with Crippen molar-refractivity contribution in [2.24, 2.45) is 0 Å². The van der Waals surface area contributed by atoms with Crippen molar-refractivity contribution >= 4 is 33.3 Å². The Labute approximate surface area is 95.8 Å². The van der Waals surface area contributed by atoms with Crippen LogP contribution in [-0.4, -0.2) is 27.0 Å². The van der Waals surface area contributed by atoms with E-state index in [0.29, 0.717) is 0 Å². The second-order valence-electron chi connectivity index (χ2n) is 3.31. The summed E-state index contributed by atoms with van der Waals surface area (Å²) in [5, 5.41) is 3.16. The van der Waals surface area contributed by atoms with E-state index < -0.39 is 0 Å². The van der Waals surface area contributed by atoms with Gasteiger partial charge in [-0.3, -0.25) is 0 Å². The average molecular weight is 231 g/mol. The Balaban J connectivity index is 2.15. The smallest absolute Gasteiger partial charge is 0.165 e. The van der Waals surface area contributed by atoms with Crippen LogP contribution < -0.4 is 4.90 Å². The molecule has 3 rings (SSSR count). The van der Waals surface area contributed by atoms with Crippen LogP contribution in [0.3, 0.4) is 0 Å².